The summed E-state index contributed by atoms with van der Waals surface area (Å²) in [5.74, 6) is 1.51. The quantitative estimate of drug-likeness (QED) is 0.867. The third kappa shape index (κ3) is 3.30. The number of carbonyl (C=O) groups excluding carboxylic acids is 1. The molecule has 0 N–H and O–H groups in total. The van der Waals surface area contributed by atoms with E-state index < -0.39 is 0 Å². The fourth-order valence-corrected chi connectivity index (χ4v) is 2.62. The van der Waals surface area contributed by atoms with Gasteiger partial charge in [-0.2, -0.15) is 0 Å². The summed E-state index contributed by atoms with van der Waals surface area (Å²) in [6.45, 7) is 5.50. The van der Waals surface area contributed by atoms with Crippen molar-refractivity contribution in [1.82, 2.24) is 19.9 Å². The van der Waals surface area contributed by atoms with Crippen LogP contribution in [0.2, 0.25) is 0 Å². The molecule has 114 valence electrons. The molecule has 0 atom stereocenters. The van der Waals surface area contributed by atoms with Crippen molar-refractivity contribution < 1.29 is 4.79 Å². The standard InChI is InChI=1S/C17H20N4O/c1-12(2)6-16-19-9-14-10-21(11-15(14)20-16)17(22)7-13-4-3-5-18-8-13/h3-5,8-9,12H,6-7,10-11H2,1-2H3. The molecule has 0 unspecified atom stereocenters. The van der Waals surface area contributed by atoms with Crippen LogP contribution in [0.15, 0.2) is 30.7 Å². The van der Waals surface area contributed by atoms with E-state index >= 15 is 0 Å². The highest BCUT2D eigenvalue weighted by Crippen LogP contribution is 2.21. The van der Waals surface area contributed by atoms with Crippen LogP contribution in [0, 0.1) is 5.92 Å². The average Bonchev–Trinajstić information content (AvgIpc) is 2.91. The van der Waals surface area contributed by atoms with Crippen molar-refractivity contribution >= 4 is 5.91 Å². The topological polar surface area (TPSA) is 59.0 Å². The zero-order valence-corrected chi connectivity index (χ0v) is 13.0. The third-order valence-corrected chi connectivity index (χ3v) is 3.73. The molecule has 0 spiro atoms. The van der Waals surface area contributed by atoms with Crippen LogP contribution in [0.3, 0.4) is 0 Å². The van der Waals surface area contributed by atoms with E-state index in [1.165, 1.54) is 0 Å². The van der Waals surface area contributed by atoms with Gasteiger partial charge >= 0.3 is 0 Å². The van der Waals surface area contributed by atoms with Gasteiger partial charge in [0.05, 0.1) is 18.7 Å². The second-order valence-electron chi connectivity index (χ2n) is 6.14. The first kappa shape index (κ1) is 14.6. The Bertz CT molecular complexity index is 670. The lowest BCUT2D eigenvalue weighted by atomic mass is 10.1. The number of nitrogens with zero attached hydrogens (tertiary/aromatic N) is 4. The van der Waals surface area contributed by atoms with Crippen LogP contribution < -0.4 is 0 Å². The van der Waals surface area contributed by atoms with E-state index in [0.29, 0.717) is 25.4 Å². The number of pyridine rings is 1. The number of amides is 1. The molecule has 0 aliphatic carbocycles. The minimum atomic E-state index is 0.108. The normalized spacial score (nSPS) is 13.5. The molecule has 0 saturated carbocycles. The van der Waals surface area contributed by atoms with Crippen LogP contribution in [0.25, 0.3) is 0 Å². The maximum atomic E-state index is 12.4. The van der Waals surface area contributed by atoms with Crippen LogP contribution >= 0.6 is 0 Å². The molecule has 1 aliphatic rings. The van der Waals surface area contributed by atoms with E-state index in [-0.39, 0.29) is 5.91 Å². The molecule has 0 radical (unpaired) electrons. The lowest BCUT2D eigenvalue weighted by molar-refractivity contribution is -0.131. The SMILES string of the molecule is CC(C)Cc1ncc2c(n1)CN(C(=O)Cc1cccnc1)C2. The minimum Gasteiger partial charge on any atom is -0.332 e. The van der Waals surface area contributed by atoms with Gasteiger partial charge in [-0.05, 0) is 17.5 Å². The van der Waals surface area contributed by atoms with Crippen LogP contribution in [0.1, 0.15) is 36.5 Å². The number of fused-ring (bicyclic) bond motifs is 1. The van der Waals surface area contributed by atoms with E-state index in [1.54, 1.807) is 12.4 Å². The molecule has 5 heteroatoms. The summed E-state index contributed by atoms with van der Waals surface area (Å²) in [5, 5.41) is 0. The number of aromatic nitrogens is 3. The fraction of sp³-hybridized carbons (Fsp3) is 0.412. The molecule has 0 aromatic carbocycles. The van der Waals surface area contributed by atoms with Gasteiger partial charge in [0.2, 0.25) is 5.91 Å². The summed E-state index contributed by atoms with van der Waals surface area (Å²) in [6.07, 6.45) is 6.58. The molecule has 1 aliphatic heterocycles. The molecule has 2 aromatic rings. The van der Waals surface area contributed by atoms with Crippen LogP contribution in [0.4, 0.5) is 0 Å². The number of hydrogen-bond donors (Lipinski definition) is 0. The Morgan fingerprint density at radius 3 is 2.91 bits per heavy atom. The summed E-state index contributed by atoms with van der Waals surface area (Å²) >= 11 is 0. The molecule has 2 aromatic heterocycles. The zero-order chi connectivity index (χ0) is 15.5. The van der Waals surface area contributed by atoms with Gasteiger partial charge in [0.25, 0.3) is 0 Å². The first-order valence-electron chi connectivity index (χ1n) is 7.62. The van der Waals surface area contributed by atoms with Gasteiger partial charge in [0.15, 0.2) is 0 Å². The van der Waals surface area contributed by atoms with Gasteiger partial charge in [-0.3, -0.25) is 9.78 Å². The fourth-order valence-electron chi connectivity index (χ4n) is 2.62. The van der Waals surface area contributed by atoms with E-state index in [9.17, 15) is 4.79 Å². The predicted octanol–water partition coefficient (Wildman–Crippen LogP) is 2.16. The molecular formula is C17H20N4O. The van der Waals surface area contributed by atoms with E-state index in [4.69, 9.17) is 0 Å². The Labute approximate surface area is 130 Å². The Kier molecular flexibility index (Phi) is 4.13. The maximum Gasteiger partial charge on any atom is 0.227 e. The van der Waals surface area contributed by atoms with E-state index in [1.807, 2.05) is 23.2 Å². The molecule has 22 heavy (non-hydrogen) atoms. The summed E-state index contributed by atoms with van der Waals surface area (Å²) in [4.78, 5) is 27.3. The summed E-state index contributed by atoms with van der Waals surface area (Å²) < 4.78 is 0. The Morgan fingerprint density at radius 2 is 2.18 bits per heavy atom. The van der Waals surface area contributed by atoms with Crippen LogP contribution in [0.5, 0.6) is 0 Å². The third-order valence-electron chi connectivity index (χ3n) is 3.73. The molecule has 1 amide bonds. The van der Waals surface area contributed by atoms with Gasteiger partial charge in [0, 0.05) is 37.1 Å². The van der Waals surface area contributed by atoms with Gasteiger partial charge < -0.3 is 4.90 Å². The van der Waals surface area contributed by atoms with Gasteiger partial charge in [0.1, 0.15) is 5.82 Å². The van der Waals surface area contributed by atoms with Crippen LogP contribution in [-0.4, -0.2) is 25.8 Å². The number of carbonyl (C=O) groups is 1. The van der Waals surface area contributed by atoms with Gasteiger partial charge in [-0.25, -0.2) is 9.97 Å². The molecule has 0 bridgehead atoms. The number of rotatable bonds is 4. The van der Waals surface area contributed by atoms with Gasteiger partial charge in [-0.1, -0.05) is 19.9 Å². The second kappa shape index (κ2) is 6.22. The molecular weight excluding hydrogens is 276 g/mol. The summed E-state index contributed by atoms with van der Waals surface area (Å²) in [7, 11) is 0. The van der Waals surface area contributed by atoms with Crippen molar-refractivity contribution in [2.45, 2.75) is 39.8 Å². The van der Waals surface area contributed by atoms with Gasteiger partial charge in [-0.15, -0.1) is 0 Å². The first-order chi connectivity index (χ1) is 10.6. The Balaban J connectivity index is 1.67. The van der Waals surface area contributed by atoms with Crippen molar-refractivity contribution in [1.29, 1.82) is 0 Å². The minimum absolute atomic E-state index is 0.108. The predicted molar refractivity (Wildman–Crippen MR) is 82.8 cm³/mol. The lowest BCUT2D eigenvalue weighted by Gasteiger charge is -2.14. The van der Waals surface area contributed by atoms with Crippen molar-refractivity contribution in [2.75, 3.05) is 0 Å². The molecule has 3 rings (SSSR count). The van der Waals surface area contributed by atoms with Crippen molar-refractivity contribution in [3.8, 4) is 0 Å². The summed E-state index contributed by atoms with van der Waals surface area (Å²) in [5.41, 5.74) is 2.99. The molecule has 3 heterocycles. The highest BCUT2D eigenvalue weighted by molar-refractivity contribution is 5.79. The molecule has 0 saturated heterocycles. The second-order valence-corrected chi connectivity index (χ2v) is 6.14. The molecule has 0 fully saturated rings. The monoisotopic (exact) mass is 296 g/mol. The van der Waals surface area contributed by atoms with E-state index in [2.05, 4.69) is 28.8 Å². The highest BCUT2D eigenvalue weighted by atomic mass is 16.2. The Morgan fingerprint density at radius 1 is 1.32 bits per heavy atom. The average molecular weight is 296 g/mol. The maximum absolute atomic E-state index is 12.4. The zero-order valence-electron chi connectivity index (χ0n) is 13.0. The lowest BCUT2D eigenvalue weighted by Crippen LogP contribution is -2.27. The smallest absolute Gasteiger partial charge is 0.227 e. The van der Waals surface area contributed by atoms with E-state index in [0.717, 1.165) is 29.1 Å². The number of hydrogen-bond acceptors (Lipinski definition) is 4. The largest absolute Gasteiger partial charge is 0.332 e. The van der Waals surface area contributed by atoms with Crippen molar-refractivity contribution in [3.63, 3.8) is 0 Å². The van der Waals surface area contributed by atoms with Crippen molar-refractivity contribution in [3.05, 3.63) is 53.4 Å². The van der Waals surface area contributed by atoms with Crippen molar-refractivity contribution in [2.24, 2.45) is 5.92 Å². The first-order valence-corrected chi connectivity index (χ1v) is 7.62. The highest BCUT2D eigenvalue weighted by Gasteiger charge is 2.25. The summed E-state index contributed by atoms with van der Waals surface area (Å²) in [6, 6.07) is 3.78. The van der Waals surface area contributed by atoms with Crippen LogP contribution in [-0.2, 0) is 30.7 Å². The molecule has 5 nitrogen and oxygen atoms in total. The Hall–Kier alpha value is -2.30.